The van der Waals surface area contributed by atoms with Gasteiger partial charge in [-0.2, -0.15) is 0 Å². The van der Waals surface area contributed by atoms with E-state index >= 15 is 0 Å². The second-order valence-electron chi connectivity index (χ2n) is 4.17. The number of rotatable bonds is 5. The minimum absolute atomic E-state index is 0.0337. The Morgan fingerprint density at radius 2 is 1.94 bits per heavy atom. The Morgan fingerprint density at radius 1 is 1.39 bits per heavy atom. The van der Waals surface area contributed by atoms with E-state index in [2.05, 4.69) is 0 Å². The van der Waals surface area contributed by atoms with Crippen LogP contribution in [0.25, 0.3) is 0 Å². The van der Waals surface area contributed by atoms with Gasteiger partial charge in [0.1, 0.15) is 5.88 Å². The molecule has 0 atom stereocenters. The van der Waals surface area contributed by atoms with E-state index in [4.69, 9.17) is 11.6 Å². The second-order valence-corrected chi connectivity index (χ2v) is 4.44. The van der Waals surface area contributed by atoms with Gasteiger partial charge < -0.3 is 4.90 Å². The summed E-state index contributed by atoms with van der Waals surface area (Å²) in [5, 5.41) is 10.5. The lowest BCUT2D eigenvalue weighted by Crippen LogP contribution is -2.37. The molecule has 1 aromatic carbocycles. The zero-order valence-corrected chi connectivity index (χ0v) is 11.1. The predicted molar refractivity (Wildman–Crippen MR) is 69.5 cm³/mol. The SMILES string of the molecule is CC(C)N(Cc1ccc([N+](=O)[O-])cc1)C(=O)CCl. The molecule has 0 unspecified atom stereocenters. The summed E-state index contributed by atoms with van der Waals surface area (Å²) in [5.41, 5.74) is 0.881. The van der Waals surface area contributed by atoms with Gasteiger partial charge in [-0.3, -0.25) is 14.9 Å². The van der Waals surface area contributed by atoms with E-state index in [0.717, 1.165) is 5.56 Å². The molecule has 1 rings (SSSR count). The Morgan fingerprint density at radius 3 is 2.33 bits per heavy atom. The Hall–Kier alpha value is -1.62. The number of hydrogen-bond acceptors (Lipinski definition) is 3. The number of amides is 1. The smallest absolute Gasteiger partial charge is 0.269 e. The molecule has 0 bridgehead atoms. The number of hydrogen-bond donors (Lipinski definition) is 0. The van der Waals surface area contributed by atoms with Crippen LogP contribution in [0.5, 0.6) is 0 Å². The molecule has 0 heterocycles. The topological polar surface area (TPSA) is 63.4 Å². The third-order valence-corrected chi connectivity index (χ3v) is 2.79. The maximum absolute atomic E-state index is 11.6. The molecule has 0 radical (unpaired) electrons. The molecule has 0 aliphatic rings. The molecule has 0 aliphatic carbocycles. The van der Waals surface area contributed by atoms with Crippen molar-refractivity contribution in [2.45, 2.75) is 26.4 Å². The first-order valence-corrected chi connectivity index (χ1v) is 6.08. The van der Waals surface area contributed by atoms with Gasteiger partial charge in [-0.15, -0.1) is 11.6 Å². The first-order chi connectivity index (χ1) is 8.45. The minimum atomic E-state index is -0.450. The molecule has 0 saturated heterocycles. The van der Waals surface area contributed by atoms with Crippen molar-refractivity contribution >= 4 is 23.2 Å². The first-order valence-electron chi connectivity index (χ1n) is 5.54. The van der Waals surface area contributed by atoms with E-state index in [1.165, 1.54) is 12.1 Å². The van der Waals surface area contributed by atoms with Crippen molar-refractivity contribution in [3.05, 3.63) is 39.9 Å². The fraction of sp³-hybridized carbons (Fsp3) is 0.417. The Balaban J connectivity index is 2.81. The molecule has 18 heavy (non-hydrogen) atoms. The van der Waals surface area contributed by atoms with Crippen molar-refractivity contribution in [1.82, 2.24) is 4.90 Å². The lowest BCUT2D eigenvalue weighted by molar-refractivity contribution is -0.384. The summed E-state index contributed by atoms with van der Waals surface area (Å²) in [7, 11) is 0. The fourth-order valence-electron chi connectivity index (χ4n) is 1.56. The van der Waals surface area contributed by atoms with Crippen LogP contribution in [0.1, 0.15) is 19.4 Å². The van der Waals surface area contributed by atoms with Gasteiger partial charge in [0.2, 0.25) is 5.91 Å². The summed E-state index contributed by atoms with van der Waals surface area (Å²) in [6.07, 6.45) is 0. The van der Waals surface area contributed by atoms with Crippen molar-refractivity contribution < 1.29 is 9.72 Å². The molecule has 6 heteroatoms. The van der Waals surface area contributed by atoms with Gasteiger partial charge in [0.05, 0.1) is 4.92 Å². The summed E-state index contributed by atoms with van der Waals surface area (Å²) in [6, 6.07) is 6.19. The van der Waals surface area contributed by atoms with Gasteiger partial charge in [-0.25, -0.2) is 0 Å². The summed E-state index contributed by atoms with van der Waals surface area (Å²) < 4.78 is 0. The van der Waals surface area contributed by atoms with Gasteiger partial charge in [0.25, 0.3) is 5.69 Å². The number of carbonyl (C=O) groups excluding carboxylic acids is 1. The number of carbonyl (C=O) groups is 1. The normalized spacial score (nSPS) is 10.4. The van der Waals surface area contributed by atoms with E-state index < -0.39 is 4.92 Å². The van der Waals surface area contributed by atoms with Gasteiger partial charge in [0.15, 0.2) is 0 Å². The molecule has 0 fully saturated rings. The van der Waals surface area contributed by atoms with E-state index in [-0.39, 0.29) is 23.5 Å². The van der Waals surface area contributed by atoms with Crippen LogP contribution in [0, 0.1) is 10.1 Å². The highest BCUT2D eigenvalue weighted by atomic mass is 35.5. The monoisotopic (exact) mass is 270 g/mol. The Kier molecular flexibility index (Phi) is 5.09. The van der Waals surface area contributed by atoms with Crippen molar-refractivity contribution in [1.29, 1.82) is 0 Å². The third-order valence-electron chi connectivity index (χ3n) is 2.56. The van der Waals surface area contributed by atoms with Crippen molar-refractivity contribution in [2.24, 2.45) is 0 Å². The van der Waals surface area contributed by atoms with Crippen LogP contribution < -0.4 is 0 Å². The van der Waals surface area contributed by atoms with Crippen LogP contribution in [-0.4, -0.2) is 27.7 Å². The molecule has 98 valence electrons. The van der Waals surface area contributed by atoms with Crippen LogP contribution in [0.3, 0.4) is 0 Å². The number of benzene rings is 1. The minimum Gasteiger partial charge on any atom is -0.335 e. The zero-order valence-electron chi connectivity index (χ0n) is 10.3. The number of nitrogens with zero attached hydrogens (tertiary/aromatic N) is 2. The highest BCUT2D eigenvalue weighted by Gasteiger charge is 2.16. The summed E-state index contributed by atoms with van der Waals surface area (Å²) in [6.45, 7) is 4.20. The van der Waals surface area contributed by atoms with E-state index in [0.29, 0.717) is 6.54 Å². The molecule has 0 spiro atoms. The fourth-order valence-corrected chi connectivity index (χ4v) is 1.71. The number of non-ortho nitro benzene ring substituents is 1. The summed E-state index contributed by atoms with van der Waals surface area (Å²) in [4.78, 5) is 23.3. The third kappa shape index (κ3) is 3.70. The maximum Gasteiger partial charge on any atom is 0.269 e. The largest absolute Gasteiger partial charge is 0.335 e. The molecule has 5 nitrogen and oxygen atoms in total. The second kappa shape index (κ2) is 6.35. The van der Waals surface area contributed by atoms with E-state index in [1.54, 1.807) is 17.0 Å². The highest BCUT2D eigenvalue weighted by molar-refractivity contribution is 6.27. The predicted octanol–water partition coefficient (Wildman–Crippen LogP) is 2.57. The maximum atomic E-state index is 11.6. The van der Waals surface area contributed by atoms with Crippen molar-refractivity contribution in [3.8, 4) is 0 Å². The van der Waals surface area contributed by atoms with Crippen LogP contribution in [0.2, 0.25) is 0 Å². The molecule has 0 saturated carbocycles. The Labute approximate surface area is 110 Å². The van der Waals surface area contributed by atoms with E-state index in [9.17, 15) is 14.9 Å². The molecule has 0 aromatic heterocycles. The lowest BCUT2D eigenvalue weighted by Gasteiger charge is -2.26. The highest BCUT2D eigenvalue weighted by Crippen LogP contribution is 2.15. The van der Waals surface area contributed by atoms with Crippen LogP contribution >= 0.6 is 11.6 Å². The molecular formula is C12H15ClN2O3. The van der Waals surface area contributed by atoms with Crippen LogP contribution in [-0.2, 0) is 11.3 Å². The quantitative estimate of drug-likeness (QED) is 0.469. The van der Waals surface area contributed by atoms with Gasteiger partial charge in [-0.1, -0.05) is 12.1 Å². The molecule has 1 amide bonds. The zero-order chi connectivity index (χ0) is 13.7. The van der Waals surface area contributed by atoms with Crippen LogP contribution in [0.4, 0.5) is 5.69 Å². The number of nitro benzene ring substituents is 1. The number of nitro groups is 1. The number of halogens is 1. The van der Waals surface area contributed by atoms with E-state index in [1.807, 2.05) is 13.8 Å². The van der Waals surface area contributed by atoms with Crippen molar-refractivity contribution in [2.75, 3.05) is 5.88 Å². The summed E-state index contributed by atoms with van der Waals surface area (Å²) >= 11 is 5.54. The molecular weight excluding hydrogens is 256 g/mol. The van der Waals surface area contributed by atoms with Gasteiger partial charge in [-0.05, 0) is 19.4 Å². The Bertz CT molecular complexity index is 431. The summed E-state index contributed by atoms with van der Waals surface area (Å²) in [5.74, 6) is -0.212. The average molecular weight is 271 g/mol. The lowest BCUT2D eigenvalue weighted by atomic mass is 10.1. The standard InChI is InChI=1S/C12H15ClN2O3/c1-9(2)14(12(16)7-13)8-10-3-5-11(6-4-10)15(17)18/h3-6,9H,7-8H2,1-2H3. The average Bonchev–Trinajstić information content (AvgIpc) is 2.35. The molecule has 1 aromatic rings. The molecule has 0 aliphatic heterocycles. The number of alkyl halides is 1. The van der Waals surface area contributed by atoms with Gasteiger partial charge >= 0.3 is 0 Å². The van der Waals surface area contributed by atoms with Crippen LogP contribution in [0.15, 0.2) is 24.3 Å². The first kappa shape index (κ1) is 14.4. The van der Waals surface area contributed by atoms with Crippen molar-refractivity contribution in [3.63, 3.8) is 0 Å². The molecule has 0 N–H and O–H groups in total. The van der Waals surface area contributed by atoms with Gasteiger partial charge in [0, 0.05) is 24.7 Å².